The van der Waals surface area contributed by atoms with Gasteiger partial charge in [-0.1, -0.05) is 6.92 Å². The van der Waals surface area contributed by atoms with E-state index >= 15 is 0 Å². The molecule has 0 radical (unpaired) electrons. The van der Waals surface area contributed by atoms with Crippen LogP contribution < -0.4 is 0 Å². The number of amides is 1. The van der Waals surface area contributed by atoms with Gasteiger partial charge in [0.2, 0.25) is 0 Å². The first-order valence-electron chi connectivity index (χ1n) is 5.28. The molecule has 0 saturated carbocycles. The molecule has 1 aliphatic heterocycles. The second-order valence-electron chi connectivity index (χ2n) is 4.45. The Labute approximate surface area is 93.8 Å². The normalized spacial score (nSPS) is 25.4. The van der Waals surface area contributed by atoms with E-state index in [0.29, 0.717) is 12.0 Å². The van der Waals surface area contributed by atoms with Gasteiger partial charge in [0.15, 0.2) is 0 Å². The average Bonchev–Trinajstić information content (AvgIpc) is 2.84. The molecule has 1 fully saturated rings. The van der Waals surface area contributed by atoms with Crippen LogP contribution in [-0.2, 0) is 0 Å². The summed E-state index contributed by atoms with van der Waals surface area (Å²) in [6, 6.07) is 0.399. The Morgan fingerprint density at radius 2 is 2.25 bits per heavy atom. The average molecular weight is 224 g/mol. The largest absolute Gasteiger partial charge is 0.334 e. The topological polar surface area (TPSA) is 78.0 Å². The van der Waals surface area contributed by atoms with E-state index in [-0.39, 0.29) is 11.7 Å². The van der Waals surface area contributed by atoms with E-state index in [1.54, 1.807) is 4.90 Å². The van der Waals surface area contributed by atoms with Gasteiger partial charge in [0, 0.05) is 19.1 Å². The van der Waals surface area contributed by atoms with Crippen LogP contribution in [0.3, 0.4) is 0 Å². The van der Waals surface area contributed by atoms with Crippen LogP contribution in [0.2, 0.25) is 0 Å². The standard InChI is InChI=1S/C9H16N6O/c1-6-4-15(5-7(6)14(2)3)9(16)8-10-12-13-11-8/h6-7H,4-5H2,1-3H3,(H,10,11,12,13). The number of nitrogens with one attached hydrogen (secondary N) is 1. The molecule has 7 heteroatoms. The van der Waals surface area contributed by atoms with Gasteiger partial charge in [0.25, 0.3) is 11.7 Å². The molecular weight excluding hydrogens is 208 g/mol. The summed E-state index contributed by atoms with van der Waals surface area (Å²) in [4.78, 5) is 15.9. The molecule has 88 valence electrons. The van der Waals surface area contributed by atoms with E-state index < -0.39 is 0 Å². The SMILES string of the molecule is CC1CN(C(=O)c2nn[nH]n2)CC1N(C)C. The van der Waals surface area contributed by atoms with Crippen LogP contribution in [0, 0.1) is 5.92 Å². The zero-order chi connectivity index (χ0) is 11.7. The third kappa shape index (κ3) is 1.90. The number of carbonyl (C=O) groups is 1. The molecule has 1 amide bonds. The van der Waals surface area contributed by atoms with E-state index in [9.17, 15) is 4.79 Å². The highest BCUT2D eigenvalue weighted by atomic mass is 16.2. The van der Waals surface area contributed by atoms with Crippen molar-refractivity contribution in [2.45, 2.75) is 13.0 Å². The minimum atomic E-state index is -0.148. The summed E-state index contributed by atoms with van der Waals surface area (Å²) in [5, 5.41) is 13.1. The van der Waals surface area contributed by atoms with Gasteiger partial charge in [-0.2, -0.15) is 5.21 Å². The number of likely N-dealkylation sites (tertiary alicyclic amines) is 1. The molecule has 1 aliphatic rings. The van der Waals surface area contributed by atoms with E-state index in [0.717, 1.165) is 13.1 Å². The maximum atomic E-state index is 11.9. The number of tetrazole rings is 1. The van der Waals surface area contributed by atoms with Crippen LogP contribution in [0.4, 0.5) is 0 Å². The zero-order valence-corrected chi connectivity index (χ0v) is 9.71. The third-order valence-electron chi connectivity index (χ3n) is 3.06. The molecule has 0 bridgehead atoms. The van der Waals surface area contributed by atoms with Gasteiger partial charge in [0.05, 0.1) is 0 Å². The smallest absolute Gasteiger partial charge is 0.295 e. The zero-order valence-electron chi connectivity index (χ0n) is 9.71. The Morgan fingerprint density at radius 3 is 2.75 bits per heavy atom. The van der Waals surface area contributed by atoms with Crippen molar-refractivity contribution >= 4 is 5.91 Å². The van der Waals surface area contributed by atoms with E-state index in [1.807, 2.05) is 14.1 Å². The number of H-pyrrole nitrogens is 1. The lowest BCUT2D eigenvalue weighted by Gasteiger charge is -2.22. The van der Waals surface area contributed by atoms with Crippen molar-refractivity contribution < 1.29 is 4.79 Å². The monoisotopic (exact) mass is 224 g/mol. The summed E-state index contributed by atoms with van der Waals surface area (Å²) in [6.45, 7) is 3.62. The predicted molar refractivity (Wildman–Crippen MR) is 56.7 cm³/mol. The van der Waals surface area contributed by atoms with Gasteiger partial charge in [-0.3, -0.25) is 4.79 Å². The van der Waals surface area contributed by atoms with Crippen molar-refractivity contribution in [1.29, 1.82) is 0 Å². The van der Waals surface area contributed by atoms with Crippen LogP contribution in [0.5, 0.6) is 0 Å². The number of hydrogen-bond acceptors (Lipinski definition) is 5. The molecule has 0 aromatic carbocycles. The van der Waals surface area contributed by atoms with Crippen molar-refractivity contribution in [2.24, 2.45) is 5.92 Å². The fraction of sp³-hybridized carbons (Fsp3) is 0.778. The van der Waals surface area contributed by atoms with E-state index in [1.165, 1.54) is 0 Å². The molecule has 1 aromatic heterocycles. The summed E-state index contributed by atoms with van der Waals surface area (Å²) in [6.07, 6.45) is 0. The molecule has 0 spiro atoms. The minimum absolute atomic E-state index is 0.145. The van der Waals surface area contributed by atoms with Crippen molar-refractivity contribution in [3.05, 3.63) is 5.82 Å². The van der Waals surface area contributed by atoms with Crippen LogP contribution in [-0.4, -0.2) is 69.6 Å². The van der Waals surface area contributed by atoms with Crippen LogP contribution in [0.1, 0.15) is 17.5 Å². The summed E-state index contributed by atoms with van der Waals surface area (Å²) in [7, 11) is 4.06. The summed E-state index contributed by atoms with van der Waals surface area (Å²) in [5.74, 6) is 0.461. The Kier molecular flexibility index (Phi) is 2.86. The maximum absolute atomic E-state index is 11.9. The molecule has 1 aromatic rings. The summed E-state index contributed by atoms with van der Waals surface area (Å²) >= 11 is 0. The lowest BCUT2D eigenvalue weighted by molar-refractivity contribution is 0.0769. The fourth-order valence-corrected chi connectivity index (χ4v) is 2.18. The van der Waals surface area contributed by atoms with Gasteiger partial charge < -0.3 is 9.80 Å². The Hall–Kier alpha value is -1.50. The highest BCUT2D eigenvalue weighted by molar-refractivity contribution is 5.90. The highest BCUT2D eigenvalue weighted by Gasteiger charge is 2.35. The Balaban J connectivity index is 2.06. The molecule has 0 aliphatic carbocycles. The van der Waals surface area contributed by atoms with Crippen LogP contribution in [0.15, 0.2) is 0 Å². The van der Waals surface area contributed by atoms with E-state index in [2.05, 4.69) is 32.4 Å². The van der Waals surface area contributed by atoms with Crippen LogP contribution >= 0.6 is 0 Å². The van der Waals surface area contributed by atoms with Gasteiger partial charge in [0.1, 0.15) is 0 Å². The first-order chi connectivity index (χ1) is 7.59. The highest BCUT2D eigenvalue weighted by Crippen LogP contribution is 2.20. The number of nitrogens with zero attached hydrogens (tertiary/aromatic N) is 5. The van der Waals surface area contributed by atoms with Gasteiger partial charge in [-0.15, -0.1) is 10.2 Å². The molecule has 7 nitrogen and oxygen atoms in total. The quantitative estimate of drug-likeness (QED) is 0.713. The van der Waals surface area contributed by atoms with Gasteiger partial charge in [-0.25, -0.2) is 0 Å². The molecule has 1 N–H and O–H groups in total. The second kappa shape index (κ2) is 4.17. The predicted octanol–water partition coefficient (Wildman–Crippen LogP) is -0.778. The number of hydrogen-bond donors (Lipinski definition) is 1. The molecular formula is C9H16N6O. The fourth-order valence-electron chi connectivity index (χ4n) is 2.18. The first kappa shape index (κ1) is 11.0. The molecule has 1 saturated heterocycles. The van der Waals surface area contributed by atoms with Crippen molar-refractivity contribution in [2.75, 3.05) is 27.2 Å². The lowest BCUT2D eigenvalue weighted by atomic mass is 10.1. The number of carbonyl (C=O) groups excluding carboxylic acids is 1. The molecule has 2 atom stereocenters. The maximum Gasteiger partial charge on any atom is 0.295 e. The van der Waals surface area contributed by atoms with Gasteiger partial charge >= 0.3 is 0 Å². The minimum Gasteiger partial charge on any atom is -0.334 e. The lowest BCUT2D eigenvalue weighted by Crippen LogP contribution is -2.36. The van der Waals surface area contributed by atoms with Crippen molar-refractivity contribution in [3.8, 4) is 0 Å². The molecule has 2 rings (SSSR count). The van der Waals surface area contributed by atoms with E-state index in [4.69, 9.17) is 0 Å². The molecule has 16 heavy (non-hydrogen) atoms. The molecule has 2 heterocycles. The summed E-state index contributed by atoms with van der Waals surface area (Å²) in [5.41, 5.74) is 0. The third-order valence-corrected chi connectivity index (χ3v) is 3.06. The Morgan fingerprint density at radius 1 is 1.50 bits per heavy atom. The number of rotatable bonds is 2. The van der Waals surface area contributed by atoms with Gasteiger partial charge in [-0.05, 0) is 25.2 Å². The first-order valence-corrected chi connectivity index (χ1v) is 5.28. The second-order valence-corrected chi connectivity index (χ2v) is 4.45. The Bertz CT molecular complexity index is 362. The summed E-state index contributed by atoms with van der Waals surface area (Å²) < 4.78 is 0. The van der Waals surface area contributed by atoms with Crippen molar-refractivity contribution in [1.82, 2.24) is 30.4 Å². The van der Waals surface area contributed by atoms with Crippen molar-refractivity contribution in [3.63, 3.8) is 0 Å². The van der Waals surface area contributed by atoms with Crippen LogP contribution in [0.25, 0.3) is 0 Å². The number of likely N-dealkylation sites (N-methyl/N-ethyl adjacent to an activating group) is 1. The number of aromatic nitrogens is 4. The molecule has 2 unspecified atom stereocenters. The number of aromatic amines is 1.